The molecule has 2 aromatic carbocycles. The molecule has 0 heterocycles. The monoisotopic (exact) mass is 357 g/mol. The van der Waals surface area contributed by atoms with E-state index in [0.717, 1.165) is 5.56 Å². The van der Waals surface area contributed by atoms with E-state index in [1.165, 1.54) is 20.3 Å². The zero-order chi connectivity index (χ0) is 18.9. The number of amides is 1. The third-order valence-electron chi connectivity index (χ3n) is 3.94. The average molecular weight is 357 g/mol. The van der Waals surface area contributed by atoms with E-state index < -0.39 is 5.97 Å². The zero-order valence-corrected chi connectivity index (χ0v) is 15.2. The van der Waals surface area contributed by atoms with Gasteiger partial charge in [0, 0.05) is 12.6 Å². The van der Waals surface area contributed by atoms with E-state index in [1.54, 1.807) is 12.1 Å². The lowest BCUT2D eigenvalue weighted by atomic mass is 10.0. The molecule has 0 aliphatic rings. The molecule has 1 amide bonds. The van der Waals surface area contributed by atoms with E-state index in [2.05, 4.69) is 5.32 Å². The number of methoxy groups -OCH3 is 2. The summed E-state index contributed by atoms with van der Waals surface area (Å²) in [6.45, 7) is 2.13. The zero-order valence-electron chi connectivity index (χ0n) is 15.2. The van der Waals surface area contributed by atoms with Crippen LogP contribution in [0.5, 0.6) is 11.5 Å². The Morgan fingerprint density at radius 3 is 2.42 bits per heavy atom. The molecule has 1 N–H and O–H groups in total. The predicted molar refractivity (Wildman–Crippen MR) is 97.7 cm³/mol. The Morgan fingerprint density at radius 1 is 1.04 bits per heavy atom. The molecule has 6 heteroatoms. The Kier molecular flexibility index (Phi) is 7.02. The molecule has 0 radical (unpaired) electrons. The fourth-order valence-corrected chi connectivity index (χ4v) is 2.39. The van der Waals surface area contributed by atoms with Gasteiger partial charge in [0.25, 0.3) is 5.91 Å². The molecule has 0 unspecified atom stereocenters. The van der Waals surface area contributed by atoms with Crippen LogP contribution in [0.15, 0.2) is 48.5 Å². The number of nitrogens with one attached hydrogen (secondary N) is 1. The number of hydrogen-bond donors (Lipinski definition) is 1. The third kappa shape index (κ3) is 5.24. The Bertz CT molecular complexity index is 745. The van der Waals surface area contributed by atoms with Crippen LogP contribution < -0.4 is 14.8 Å². The van der Waals surface area contributed by atoms with Gasteiger partial charge < -0.3 is 19.5 Å². The number of hydrogen-bond acceptors (Lipinski definition) is 5. The van der Waals surface area contributed by atoms with Gasteiger partial charge in [-0.25, -0.2) is 4.79 Å². The van der Waals surface area contributed by atoms with Crippen LogP contribution in [0.2, 0.25) is 0 Å². The van der Waals surface area contributed by atoms with Gasteiger partial charge in [0.05, 0.1) is 14.2 Å². The summed E-state index contributed by atoms with van der Waals surface area (Å²) in [5.74, 6) is 0.0698. The highest BCUT2D eigenvalue weighted by molar-refractivity contribution is 5.94. The van der Waals surface area contributed by atoms with Crippen molar-refractivity contribution < 1.29 is 23.8 Å². The number of ether oxygens (including phenoxy) is 3. The van der Waals surface area contributed by atoms with Gasteiger partial charge in [0.1, 0.15) is 17.1 Å². The van der Waals surface area contributed by atoms with Crippen LogP contribution in [0, 0.1) is 0 Å². The van der Waals surface area contributed by atoms with Gasteiger partial charge in [-0.05, 0) is 23.6 Å². The molecule has 0 aromatic heterocycles. The van der Waals surface area contributed by atoms with Crippen LogP contribution in [0.3, 0.4) is 0 Å². The fraction of sp³-hybridized carbons (Fsp3) is 0.300. The van der Waals surface area contributed by atoms with E-state index >= 15 is 0 Å². The predicted octanol–water partition coefficient (Wildman–Crippen LogP) is 2.78. The summed E-state index contributed by atoms with van der Waals surface area (Å²) in [6.07, 6.45) is 0. The molecule has 6 nitrogen and oxygen atoms in total. The van der Waals surface area contributed by atoms with Gasteiger partial charge in [-0.3, -0.25) is 4.79 Å². The van der Waals surface area contributed by atoms with Crippen molar-refractivity contribution in [3.63, 3.8) is 0 Å². The van der Waals surface area contributed by atoms with Crippen molar-refractivity contribution in [3.8, 4) is 11.5 Å². The minimum Gasteiger partial charge on any atom is -0.497 e. The van der Waals surface area contributed by atoms with Gasteiger partial charge in [-0.1, -0.05) is 37.3 Å². The number of esters is 1. The third-order valence-corrected chi connectivity index (χ3v) is 3.94. The summed E-state index contributed by atoms with van der Waals surface area (Å²) in [4.78, 5) is 24.1. The SMILES string of the molecule is COc1ccc(C(=O)OCC(=O)NC[C@@H](C)c2ccccc2)c(OC)c1. The second kappa shape index (κ2) is 9.46. The molecule has 0 fully saturated rings. The van der Waals surface area contributed by atoms with Gasteiger partial charge >= 0.3 is 5.97 Å². The van der Waals surface area contributed by atoms with Gasteiger partial charge in [-0.2, -0.15) is 0 Å². The second-order valence-corrected chi connectivity index (χ2v) is 5.76. The molecule has 2 rings (SSSR count). The van der Waals surface area contributed by atoms with Crippen molar-refractivity contribution in [2.24, 2.45) is 0 Å². The molecule has 0 aliphatic heterocycles. The van der Waals surface area contributed by atoms with Crippen molar-refractivity contribution in [1.29, 1.82) is 0 Å². The lowest BCUT2D eigenvalue weighted by Crippen LogP contribution is -2.31. The molecule has 2 aromatic rings. The van der Waals surface area contributed by atoms with Gasteiger partial charge in [0.2, 0.25) is 0 Å². The van der Waals surface area contributed by atoms with E-state index in [1.807, 2.05) is 37.3 Å². The number of rotatable bonds is 8. The summed E-state index contributed by atoms with van der Waals surface area (Å²) in [5, 5.41) is 2.77. The number of carbonyl (C=O) groups excluding carboxylic acids is 2. The van der Waals surface area contributed by atoms with Crippen molar-refractivity contribution in [2.45, 2.75) is 12.8 Å². The van der Waals surface area contributed by atoms with Crippen molar-refractivity contribution in [3.05, 3.63) is 59.7 Å². The van der Waals surface area contributed by atoms with E-state index in [9.17, 15) is 9.59 Å². The van der Waals surface area contributed by atoms with Crippen LogP contribution in [-0.4, -0.2) is 39.2 Å². The first-order valence-electron chi connectivity index (χ1n) is 8.26. The molecule has 1 atom stereocenters. The topological polar surface area (TPSA) is 73.9 Å². The Hall–Kier alpha value is -3.02. The molecule has 138 valence electrons. The standard InChI is InChI=1S/C20H23NO5/c1-14(15-7-5-4-6-8-15)12-21-19(22)13-26-20(23)17-10-9-16(24-2)11-18(17)25-3/h4-11,14H,12-13H2,1-3H3,(H,21,22)/t14-/m1/s1. The van der Waals surface area contributed by atoms with Crippen LogP contribution in [0.1, 0.15) is 28.8 Å². The number of benzene rings is 2. The second-order valence-electron chi connectivity index (χ2n) is 5.76. The van der Waals surface area contributed by atoms with Crippen LogP contribution in [-0.2, 0) is 9.53 Å². The normalized spacial score (nSPS) is 11.3. The summed E-state index contributed by atoms with van der Waals surface area (Å²) < 4.78 is 15.3. The first-order chi connectivity index (χ1) is 12.5. The smallest absolute Gasteiger partial charge is 0.342 e. The summed E-state index contributed by atoms with van der Waals surface area (Å²) >= 11 is 0. The molecule has 0 spiro atoms. The minimum atomic E-state index is -0.629. The molecule has 0 saturated heterocycles. The highest BCUT2D eigenvalue weighted by Crippen LogP contribution is 2.25. The van der Waals surface area contributed by atoms with Crippen molar-refractivity contribution in [2.75, 3.05) is 27.4 Å². The first kappa shape index (κ1) is 19.3. The Labute approximate surface area is 153 Å². The Balaban J connectivity index is 1.84. The maximum absolute atomic E-state index is 12.2. The van der Waals surface area contributed by atoms with E-state index in [-0.39, 0.29) is 24.0 Å². The van der Waals surface area contributed by atoms with Crippen molar-refractivity contribution in [1.82, 2.24) is 5.32 Å². The van der Waals surface area contributed by atoms with Crippen LogP contribution in [0.4, 0.5) is 0 Å². The lowest BCUT2D eigenvalue weighted by Gasteiger charge is -2.13. The lowest BCUT2D eigenvalue weighted by molar-refractivity contribution is -0.124. The largest absolute Gasteiger partial charge is 0.497 e. The first-order valence-corrected chi connectivity index (χ1v) is 8.26. The average Bonchev–Trinajstić information content (AvgIpc) is 2.70. The van der Waals surface area contributed by atoms with E-state index in [0.29, 0.717) is 18.0 Å². The highest BCUT2D eigenvalue weighted by Gasteiger charge is 2.16. The van der Waals surface area contributed by atoms with Gasteiger partial charge in [-0.15, -0.1) is 0 Å². The fourth-order valence-electron chi connectivity index (χ4n) is 2.39. The molecule has 0 aliphatic carbocycles. The molecular weight excluding hydrogens is 334 g/mol. The molecular formula is C20H23NO5. The highest BCUT2D eigenvalue weighted by atomic mass is 16.5. The van der Waals surface area contributed by atoms with Crippen LogP contribution in [0.25, 0.3) is 0 Å². The van der Waals surface area contributed by atoms with E-state index in [4.69, 9.17) is 14.2 Å². The molecule has 0 bridgehead atoms. The number of carbonyl (C=O) groups is 2. The molecule has 0 saturated carbocycles. The molecule has 26 heavy (non-hydrogen) atoms. The quantitative estimate of drug-likeness (QED) is 0.736. The summed E-state index contributed by atoms with van der Waals surface area (Å²) in [5.41, 5.74) is 1.37. The maximum Gasteiger partial charge on any atom is 0.342 e. The summed E-state index contributed by atoms with van der Waals surface area (Å²) in [7, 11) is 2.97. The van der Waals surface area contributed by atoms with Gasteiger partial charge in [0.15, 0.2) is 6.61 Å². The minimum absolute atomic E-state index is 0.164. The Morgan fingerprint density at radius 2 is 1.77 bits per heavy atom. The van der Waals surface area contributed by atoms with Crippen molar-refractivity contribution >= 4 is 11.9 Å². The van der Waals surface area contributed by atoms with Crippen LogP contribution >= 0.6 is 0 Å². The maximum atomic E-state index is 12.2. The summed E-state index contributed by atoms with van der Waals surface area (Å²) in [6, 6.07) is 14.6.